The quantitative estimate of drug-likeness (QED) is 0.635. The predicted octanol–water partition coefficient (Wildman–Crippen LogP) is 0.584. The first kappa shape index (κ1) is 8.53. The first-order chi connectivity index (χ1) is 6.00. The van der Waals surface area contributed by atoms with Gasteiger partial charge in [0.2, 0.25) is 5.91 Å². The van der Waals surface area contributed by atoms with Crippen molar-refractivity contribution in [2.75, 3.05) is 13.1 Å². The summed E-state index contributed by atoms with van der Waals surface area (Å²) in [5.74, 6) is 0.410. The van der Waals surface area contributed by atoms with Gasteiger partial charge >= 0.3 is 6.03 Å². The molecule has 1 heterocycles. The minimum atomic E-state index is -0.229. The fourth-order valence-corrected chi connectivity index (χ4v) is 1.75. The molecule has 4 nitrogen and oxygen atoms in total. The molecule has 2 fully saturated rings. The van der Waals surface area contributed by atoms with E-state index in [2.05, 4.69) is 19.2 Å². The van der Waals surface area contributed by atoms with Crippen LogP contribution in [0.5, 0.6) is 0 Å². The predicted molar refractivity (Wildman–Crippen MR) is 47.0 cm³/mol. The maximum absolute atomic E-state index is 11.2. The molecule has 72 valence electrons. The Balaban J connectivity index is 1.95. The van der Waals surface area contributed by atoms with Gasteiger partial charge in [-0.2, -0.15) is 0 Å². The molecule has 2 aliphatic rings. The van der Waals surface area contributed by atoms with Gasteiger partial charge in [-0.25, -0.2) is 4.79 Å². The van der Waals surface area contributed by atoms with Gasteiger partial charge in [-0.15, -0.1) is 0 Å². The Hall–Kier alpha value is -1.06. The zero-order valence-electron chi connectivity index (χ0n) is 7.96. The standard InChI is InChI=1S/C9H14N2O2/c1-9(2)3-6(9)5-11-7(12)4-10-8(11)13/h6H,3-5H2,1-2H3,(H,10,13). The second-order valence-electron chi connectivity index (χ2n) is 4.55. The van der Waals surface area contributed by atoms with E-state index >= 15 is 0 Å². The highest BCUT2D eigenvalue weighted by Crippen LogP contribution is 2.51. The first-order valence-corrected chi connectivity index (χ1v) is 4.59. The summed E-state index contributed by atoms with van der Waals surface area (Å²) >= 11 is 0. The van der Waals surface area contributed by atoms with E-state index in [0.29, 0.717) is 17.9 Å². The summed E-state index contributed by atoms with van der Waals surface area (Å²) in [4.78, 5) is 23.7. The third-order valence-electron chi connectivity index (χ3n) is 3.06. The van der Waals surface area contributed by atoms with Crippen LogP contribution in [0.2, 0.25) is 0 Å². The summed E-state index contributed by atoms with van der Waals surface area (Å²) in [6.45, 7) is 5.09. The third kappa shape index (κ3) is 1.41. The molecule has 1 unspecified atom stereocenters. The van der Waals surface area contributed by atoms with E-state index in [4.69, 9.17) is 0 Å². The van der Waals surface area contributed by atoms with Gasteiger partial charge < -0.3 is 5.32 Å². The molecule has 1 saturated carbocycles. The van der Waals surface area contributed by atoms with Gasteiger partial charge in [0, 0.05) is 6.54 Å². The Bertz CT molecular complexity index is 257. The molecule has 13 heavy (non-hydrogen) atoms. The number of imide groups is 1. The van der Waals surface area contributed by atoms with E-state index in [-0.39, 0.29) is 18.5 Å². The van der Waals surface area contributed by atoms with Crippen molar-refractivity contribution in [1.29, 1.82) is 0 Å². The minimum absolute atomic E-state index is 0.0901. The van der Waals surface area contributed by atoms with Crippen molar-refractivity contribution < 1.29 is 9.59 Å². The van der Waals surface area contributed by atoms with Crippen LogP contribution in [0.3, 0.4) is 0 Å². The van der Waals surface area contributed by atoms with Crippen LogP contribution in [0, 0.1) is 11.3 Å². The lowest BCUT2D eigenvalue weighted by atomic mass is 10.1. The molecule has 1 atom stereocenters. The number of nitrogens with zero attached hydrogens (tertiary/aromatic N) is 1. The third-order valence-corrected chi connectivity index (χ3v) is 3.06. The van der Waals surface area contributed by atoms with Crippen molar-refractivity contribution in [1.82, 2.24) is 10.2 Å². The lowest BCUT2D eigenvalue weighted by Gasteiger charge is -2.12. The molecule has 1 N–H and O–H groups in total. The minimum Gasteiger partial charge on any atom is -0.329 e. The van der Waals surface area contributed by atoms with Gasteiger partial charge in [0.25, 0.3) is 0 Å². The summed E-state index contributed by atoms with van der Waals surface area (Å²) in [5, 5.41) is 2.52. The number of carbonyl (C=O) groups is 2. The topological polar surface area (TPSA) is 49.4 Å². The fraction of sp³-hybridized carbons (Fsp3) is 0.778. The molecule has 1 saturated heterocycles. The number of hydrogen-bond donors (Lipinski definition) is 1. The van der Waals surface area contributed by atoms with Crippen LogP contribution >= 0.6 is 0 Å². The molecule has 0 radical (unpaired) electrons. The summed E-state index contributed by atoms with van der Waals surface area (Å²) in [6.07, 6.45) is 1.12. The number of urea groups is 1. The highest BCUT2D eigenvalue weighted by Gasteiger charge is 2.48. The van der Waals surface area contributed by atoms with E-state index in [0.717, 1.165) is 6.42 Å². The number of amides is 3. The van der Waals surface area contributed by atoms with E-state index in [1.54, 1.807) is 0 Å². The van der Waals surface area contributed by atoms with Crippen molar-refractivity contribution in [3.63, 3.8) is 0 Å². The largest absolute Gasteiger partial charge is 0.329 e. The van der Waals surface area contributed by atoms with Crippen LogP contribution in [-0.4, -0.2) is 29.9 Å². The van der Waals surface area contributed by atoms with Gasteiger partial charge in [0.05, 0.1) is 6.54 Å². The Morgan fingerprint density at radius 2 is 2.15 bits per heavy atom. The molecule has 0 aromatic heterocycles. The lowest BCUT2D eigenvalue weighted by molar-refractivity contribution is -0.125. The van der Waals surface area contributed by atoms with Gasteiger partial charge in [-0.3, -0.25) is 9.69 Å². The van der Waals surface area contributed by atoms with E-state index in [1.165, 1.54) is 4.90 Å². The maximum atomic E-state index is 11.2. The SMILES string of the molecule is CC1(C)CC1CN1C(=O)CNC1=O. The van der Waals surface area contributed by atoms with Gasteiger partial charge in [0.15, 0.2) is 0 Å². The van der Waals surface area contributed by atoms with Crippen molar-refractivity contribution in [3.8, 4) is 0 Å². The molecule has 4 heteroatoms. The van der Waals surface area contributed by atoms with Crippen LogP contribution in [0.4, 0.5) is 4.79 Å². The maximum Gasteiger partial charge on any atom is 0.324 e. The van der Waals surface area contributed by atoms with Crippen molar-refractivity contribution in [2.45, 2.75) is 20.3 Å². The zero-order chi connectivity index (χ0) is 9.64. The van der Waals surface area contributed by atoms with Gasteiger partial charge in [-0.05, 0) is 17.8 Å². The summed E-state index contributed by atoms with van der Waals surface area (Å²) < 4.78 is 0. The highest BCUT2D eigenvalue weighted by molar-refractivity contribution is 6.01. The van der Waals surface area contributed by atoms with Crippen LogP contribution in [0.25, 0.3) is 0 Å². The molecule has 2 rings (SSSR count). The van der Waals surface area contributed by atoms with Crippen molar-refractivity contribution in [3.05, 3.63) is 0 Å². The Labute approximate surface area is 77.3 Å². The normalized spacial score (nSPS) is 30.6. The molecular formula is C9H14N2O2. The smallest absolute Gasteiger partial charge is 0.324 e. The number of carbonyl (C=O) groups excluding carboxylic acids is 2. The summed E-state index contributed by atoms with van der Waals surface area (Å²) in [7, 11) is 0. The molecule has 0 spiro atoms. The molecule has 0 bridgehead atoms. The molecule has 0 aromatic carbocycles. The zero-order valence-corrected chi connectivity index (χ0v) is 7.96. The van der Waals surface area contributed by atoms with E-state index < -0.39 is 0 Å². The summed E-state index contributed by atoms with van der Waals surface area (Å²) in [6, 6.07) is -0.229. The fourth-order valence-electron chi connectivity index (χ4n) is 1.75. The summed E-state index contributed by atoms with van der Waals surface area (Å²) in [5.41, 5.74) is 0.323. The second-order valence-corrected chi connectivity index (χ2v) is 4.55. The lowest BCUT2D eigenvalue weighted by Crippen LogP contribution is -2.33. The molecule has 1 aliphatic heterocycles. The van der Waals surface area contributed by atoms with Crippen LogP contribution in [0.15, 0.2) is 0 Å². The van der Waals surface area contributed by atoms with Crippen molar-refractivity contribution >= 4 is 11.9 Å². The second kappa shape index (κ2) is 2.47. The molecule has 3 amide bonds. The Morgan fingerprint density at radius 3 is 2.54 bits per heavy atom. The van der Waals surface area contributed by atoms with Crippen LogP contribution < -0.4 is 5.32 Å². The molecule has 1 aliphatic carbocycles. The van der Waals surface area contributed by atoms with Gasteiger partial charge in [0.1, 0.15) is 0 Å². The van der Waals surface area contributed by atoms with Crippen LogP contribution in [-0.2, 0) is 4.79 Å². The molecule has 0 aromatic rings. The van der Waals surface area contributed by atoms with Gasteiger partial charge in [-0.1, -0.05) is 13.8 Å². The first-order valence-electron chi connectivity index (χ1n) is 4.59. The monoisotopic (exact) mass is 182 g/mol. The van der Waals surface area contributed by atoms with Crippen LogP contribution in [0.1, 0.15) is 20.3 Å². The number of hydrogen-bond acceptors (Lipinski definition) is 2. The Morgan fingerprint density at radius 1 is 1.54 bits per heavy atom. The number of rotatable bonds is 2. The van der Waals surface area contributed by atoms with E-state index in [9.17, 15) is 9.59 Å². The highest BCUT2D eigenvalue weighted by atomic mass is 16.2. The molecular weight excluding hydrogens is 168 g/mol. The van der Waals surface area contributed by atoms with Crippen molar-refractivity contribution in [2.24, 2.45) is 11.3 Å². The average Bonchev–Trinajstić information content (AvgIpc) is 2.52. The number of nitrogens with one attached hydrogen (secondary N) is 1. The average molecular weight is 182 g/mol. The van der Waals surface area contributed by atoms with E-state index in [1.807, 2.05) is 0 Å². The Kier molecular flexibility index (Phi) is 1.62.